The Morgan fingerprint density at radius 3 is 2.75 bits per heavy atom. The summed E-state index contributed by atoms with van der Waals surface area (Å²) in [5.74, 6) is -0.454. The molecule has 0 bridgehead atoms. The molecule has 4 nitrogen and oxygen atoms in total. The van der Waals surface area contributed by atoms with E-state index in [2.05, 4.69) is 35.8 Å². The van der Waals surface area contributed by atoms with Gasteiger partial charge < -0.3 is 10.1 Å². The van der Waals surface area contributed by atoms with E-state index in [1.807, 2.05) is 0 Å². The Hall–Kier alpha value is -0.810. The molecule has 1 N–H and O–H groups in total. The predicted molar refractivity (Wildman–Crippen MR) is 66.5 cm³/mol. The molecule has 1 heterocycles. The second-order valence-electron chi connectivity index (χ2n) is 3.99. The number of aromatic nitrogens is 1. The summed E-state index contributed by atoms with van der Waals surface area (Å²) in [4.78, 5) is 15.7. The average Bonchev–Trinajstić information content (AvgIpc) is 2.57. The molecule has 0 saturated heterocycles. The number of hydrogen-bond acceptors (Lipinski definition) is 5. The summed E-state index contributed by atoms with van der Waals surface area (Å²) in [6.07, 6.45) is 0.942. The van der Waals surface area contributed by atoms with Gasteiger partial charge in [-0.05, 0) is 20.3 Å². The van der Waals surface area contributed by atoms with Gasteiger partial charge in [-0.2, -0.15) is 0 Å². The van der Waals surface area contributed by atoms with Crippen LogP contribution in [0.5, 0.6) is 0 Å². The van der Waals surface area contributed by atoms with Crippen molar-refractivity contribution in [3.05, 3.63) is 10.0 Å². The van der Waals surface area contributed by atoms with Crippen LogP contribution in [0.2, 0.25) is 5.15 Å². The van der Waals surface area contributed by atoms with Crippen LogP contribution in [0.15, 0.2) is 0 Å². The van der Waals surface area contributed by atoms with Crippen LogP contribution in [0.3, 0.4) is 0 Å². The molecular formula is C10H15ClN2O2S. The number of ether oxygens (including phenoxy) is 1. The van der Waals surface area contributed by atoms with E-state index in [-0.39, 0.29) is 10.7 Å². The second-order valence-corrected chi connectivity index (χ2v) is 5.35. The highest BCUT2D eigenvalue weighted by atomic mass is 35.5. The Morgan fingerprint density at radius 1 is 1.62 bits per heavy atom. The van der Waals surface area contributed by atoms with E-state index in [0.717, 1.165) is 6.42 Å². The van der Waals surface area contributed by atoms with Gasteiger partial charge in [0.1, 0.15) is 0 Å². The summed E-state index contributed by atoms with van der Waals surface area (Å²) in [5.41, 5.74) is -0.0748. The highest BCUT2D eigenvalue weighted by molar-refractivity contribution is 7.18. The summed E-state index contributed by atoms with van der Waals surface area (Å²) in [6, 6.07) is 0. The number of esters is 1. The van der Waals surface area contributed by atoms with Crippen molar-refractivity contribution in [3.63, 3.8) is 0 Å². The van der Waals surface area contributed by atoms with Gasteiger partial charge in [0.15, 0.2) is 15.2 Å². The van der Waals surface area contributed by atoms with Crippen LogP contribution in [-0.4, -0.2) is 23.6 Å². The molecule has 6 heteroatoms. The van der Waals surface area contributed by atoms with Gasteiger partial charge in [0, 0.05) is 5.54 Å². The quantitative estimate of drug-likeness (QED) is 0.847. The number of methoxy groups -OCH3 is 1. The van der Waals surface area contributed by atoms with Crippen LogP contribution < -0.4 is 5.32 Å². The van der Waals surface area contributed by atoms with E-state index >= 15 is 0 Å². The topological polar surface area (TPSA) is 51.2 Å². The lowest BCUT2D eigenvalue weighted by atomic mass is 10.0. The van der Waals surface area contributed by atoms with Crippen LogP contribution in [0.4, 0.5) is 5.13 Å². The Bertz CT molecular complexity index is 390. The molecule has 0 atom stereocenters. The summed E-state index contributed by atoms with van der Waals surface area (Å²) < 4.78 is 4.61. The van der Waals surface area contributed by atoms with Crippen molar-refractivity contribution < 1.29 is 9.53 Å². The molecule has 0 saturated carbocycles. The first kappa shape index (κ1) is 13.3. The molecule has 0 fully saturated rings. The molecular weight excluding hydrogens is 248 g/mol. The number of halogens is 1. The van der Waals surface area contributed by atoms with Gasteiger partial charge in [-0.1, -0.05) is 29.9 Å². The third-order valence-electron chi connectivity index (χ3n) is 2.29. The van der Waals surface area contributed by atoms with E-state index in [0.29, 0.717) is 10.0 Å². The molecule has 0 spiro atoms. The molecule has 90 valence electrons. The number of nitrogens with zero attached hydrogens (tertiary/aromatic N) is 1. The molecule has 0 radical (unpaired) electrons. The van der Waals surface area contributed by atoms with Crippen molar-refractivity contribution in [1.82, 2.24) is 4.98 Å². The molecule has 0 aliphatic rings. The predicted octanol–water partition coefficient (Wildman–Crippen LogP) is 3.18. The Balaban J connectivity index is 2.89. The van der Waals surface area contributed by atoms with Crippen molar-refractivity contribution >= 4 is 34.0 Å². The number of nitrogens with one attached hydrogen (secondary N) is 1. The molecule has 16 heavy (non-hydrogen) atoms. The van der Waals surface area contributed by atoms with Gasteiger partial charge in [0.2, 0.25) is 0 Å². The van der Waals surface area contributed by atoms with Crippen LogP contribution in [0.25, 0.3) is 0 Å². The van der Waals surface area contributed by atoms with E-state index in [1.165, 1.54) is 18.4 Å². The van der Waals surface area contributed by atoms with E-state index in [9.17, 15) is 4.79 Å². The molecule has 0 unspecified atom stereocenters. The van der Waals surface area contributed by atoms with Gasteiger partial charge in [0.25, 0.3) is 0 Å². The first-order valence-corrected chi connectivity index (χ1v) is 6.12. The fourth-order valence-corrected chi connectivity index (χ4v) is 2.23. The largest absolute Gasteiger partial charge is 0.465 e. The molecule has 0 aromatic carbocycles. The standard InChI is InChI=1S/C10H15ClN2O2S/c1-5-10(2,3)13-9-12-7(11)6(16-9)8(14)15-4/h5H2,1-4H3,(H,12,13). The molecule has 1 aromatic rings. The first-order valence-electron chi connectivity index (χ1n) is 4.92. The lowest BCUT2D eigenvalue weighted by molar-refractivity contribution is 0.0606. The third kappa shape index (κ3) is 3.09. The van der Waals surface area contributed by atoms with Gasteiger partial charge in [-0.25, -0.2) is 9.78 Å². The maximum Gasteiger partial charge on any atom is 0.351 e. The zero-order valence-corrected chi connectivity index (χ0v) is 11.3. The molecule has 1 rings (SSSR count). The van der Waals surface area contributed by atoms with Crippen LogP contribution >= 0.6 is 22.9 Å². The Kier molecular flexibility index (Phi) is 4.15. The minimum atomic E-state index is -0.454. The minimum Gasteiger partial charge on any atom is -0.465 e. The van der Waals surface area contributed by atoms with Gasteiger partial charge in [0.05, 0.1) is 7.11 Å². The molecule has 0 amide bonds. The zero-order valence-electron chi connectivity index (χ0n) is 9.76. The monoisotopic (exact) mass is 262 g/mol. The molecule has 0 aliphatic heterocycles. The smallest absolute Gasteiger partial charge is 0.351 e. The lowest BCUT2D eigenvalue weighted by Crippen LogP contribution is -2.29. The minimum absolute atomic E-state index is 0.0748. The Labute approximate surface area is 104 Å². The summed E-state index contributed by atoms with van der Waals surface area (Å²) in [6.45, 7) is 6.18. The third-order valence-corrected chi connectivity index (χ3v) is 3.62. The Morgan fingerprint density at radius 2 is 2.25 bits per heavy atom. The van der Waals surface area contributed by atoms with Gasteiger partial charge in [-0.15, -0.1) is 0 Å². The maximum absolute atomic E-state index is 11.3. The summed E-state index contributed by atoms with van der Waals surface area (Å²) >= 11 is 7.05. The fraction of sp³-hybridized carbons (Fsp3) is 0.600. The number of anilines is 1. The fourth-order valence-electron chi connectivity index (χ4n) is 0.951. The van der Waals surface area contributed by atoms with Crippen molar-refractivity contribution in [2.75, 3.05) is 12.4 Å². The second kappa shape index (κ2) is 5.01. The van der Waals surface area contributed by atoms with Gasteiger partial charge >= 0.3 is 5.97 Å². The van der Waals surface area contributed by atoms with Crippen molar-refractivity contribution in [3.8, 4) is 0 Å². The number of rotatable bonds is 4. The van der Waals surface area contributed by atoms with Gasteiger partial charge in [-0.3, -0.25) is 0 Å². The number of hydrogen-bond donors (Lipinski definition) is 1. The number of carbonyl (C=O) groups excluding carboxylic acids is 1. The van der Waals surface area contributed by atoms with Crippen molar-refractivity contribution in [2.45, 2.75) is 32.7 Å². The van der Waals surface area contributed by atoms with E-state index in [4.69, 9.17) is 11.6 Å². The number of carbonyl (C=O) groups is 1. The van der Waals surface area contributed by atoms with Crippen LogP contribution in [0.1, 0.15) is 36.9 Å². The molecule has 1 aromatic heterocycles. The normalized spacial score (nSPS) is 11.3. The summed E-state index contributed by atoms with van der Waals surface area (Å²) in [5, 5.41) is 4.05. The molecule has 0 aliphatic carbocycles. The summed E-state index contributed by atoms with van der Waals surface area (Å²) in [7, 11) is 1.32. The number of thiazole rings is 1. The van der Waals surface area contributed by atoms with Crippen molar-refractivity contribution in [1.29, 1.82) is 0 Å². The first-order chi connectivity index (χ1) is 7.39. The van der Waals surface area contributed by atoms with Crippen molar-refractivity contribution in [2.24, 2.45) is 0 Å². The van der Waals surface area contributed by atoms with Crippen LogP contribution in [-0.2, 0) is 4.74 Å². The van der Waals surface area contributed by atoms with Crippen LogP contribution in [0, 0.1) is 0 Å². The maximum atomic E-state index is 11.3. The SMILES string of the molecule is CCC(C)(C)Nc1nc(Cl)c(C(=O)OC)s1. The van der Waals surface area contributed by atoms with E-state index < -0.39 is 5.97 Å². The highest BCUT2D eigenvalue weighted by Gasteiger charge is 2.21. The zero-order chi connectivity index (χ0) is 12.3. The average molecular weight is 263 g/mol. The van der Waals surface area contributed by atoms with E-state index in [1.54, 1.807) is 0 Å². The lowest BCUT2D eigenvalue weighted by Gasteiger charge is -2.23. The highest BCUT2D eigenvalue weighted by Crippen LogP contribution is 2.29.